The quantitative estimate of drug-likeness (QED) is 0.831. The van der Waals surface area contributed by atoms with Crippen LogP contribution in [0.4, 0.5) is 4.39 Å². The molecule has 1 amide bonds. The highest BCUT2D eigenvalue weighted by molar-refractivity contribution is 5.78. The van der Waals surface area contributed by atoms with E-state index in [9.17, 15) is 9.18 Å². The molecule has 116 valence electrons. The van der Waals surface area contributed by atoms with Crippen LogP contribution in [0.1, 0.15) is 33.1 Å². The number of nitrogens with zero attached hydrogens (tertiary/aromatic N) is 1. The second kappa shape index (κ2) is 7.43. The van der Waals surface area contributed by atoms with E-state index in [2.05, 4.69) is 0 Å². The number of benzene rings is 1. The Morgan fingerprint density at radius 1 is 1.38 bits per heavy atom. The summed E-state index contributed by atoms with van der Waals surface area (Å²) in [6.07, 6.45) is 3.02. The molecule has 1 aromatic carbocycles. The summed E-state index contributed by atoms with van der Waals surface area (Å²) in [6.45, 7) is 6.19. The number of likely N-dealkylation sites (tertiary alicyclic amines) is 1. The number of piperidine rings is 1. The third kappa shape index (κ3) is 4.73. The number of carbonyl (C=O) groups is 1. The summed E-state index contributed by atoms with van der Waals surface area (Å²) in [5, 5.41) is 0. The van der Waals surface area contributed by atoms with Crippen LogP contribution in [0, 0.1) is 17.7 Å². The first-order chi connectivity index (χ1) is 10.1. The molecule has 1 aliphatic rings. The molecule has 0 atom stereocenters. The van der Waals surface area contributed by atoms with Crippen molar-refractivity contribution in [3.05, 3.63) is 30.1 Å². The van der Waals surface area contributed by atoms with Crippen molar-refractivity contribution in [1.82, 2.24) is 4.90 Å². The lowest BCUT2D eigenvalue weighted by molar-refractivity contribution is -0.135. The predicted octanol–water partition coefficient (Wildman–Crippen LogP) is 3.49. The molecule has 0 saturated carbocycles. The highest BCUT2D eigenvalue weighted by Crippen LogP contribution is 2.22. The zero-order valence-electron chi connectivity index (χ0n) is 12.8. The Morgan fingerprint density at radius 3 is 2.71 bits per heavy atom. The summed E-state index contributed by atoms with van der Waals surface area (Å²) in [7, 11) is 0. The van der Waals surface area contributed by atoms with Crippen LogP contribution in [0.5, 0.6) is 5.75 Å². The van der Waals surface area contributed by atoms with Crippen LogP contribution in [0.25, 0.3) is 0 Å². The molecule has 0 aromatic heterocycles. The first kappa shape index (κ1) is 15.8. The van der Waals surface area contributed by atoms with Gasteiger partial charge < -0.3 is 9.64 Å². The molecule has 0 spiro atoms. The molecule has 0 unspecified atom stereocenters. The van der Waals surface area contributed by atoms with E-state index < -0.39 is 0 Å². The number of carbonyl (C=O) groups excluding carboxylic acids is 1. The summed E-state index contributed by atoms with van der Waals surface area (Å²) in [5.41, 5.74) is 0. The van der Waals surface area contributed by atoms with E-state index in [1.54, 1.807) is 12.1 Å². The van der Waals surface area contributed by atoms with E-state index in [0.717, 1.165) is 32.4 Å². The van der Waals surface area contributed by atoms with Gasteiger partial charge in [-0.05, 0) is 37.3 Å². The van der Waals surface area contributed by atoms with Crippen LogP contribution in [-0.4, -0.2) is 30.5 Å². The van der Waals surface area contributed by atoms with Crippen molar-refractivity contribution >= 4 is 5.91 Å². The maximum Gasteiger partial charge on any atom is 0.225 e. The van der Waals surface area contributed by atoms with Gasteiger partial charge in [0, 0.05) is 25.1 Å². The van der Waals surface area contributed by atoms with Gasteiger partial charge in [0.2, 0.25) is 5.91 Å². The molecule has 2 rings (SSSR count). The lowest BCUT2D eigenvalue weighted by atomic mass is 9.93. The molecule has 1 aliphatic heterocycles. The minimum atomic E-state index is -0.270. The minimum absolute atomic E-state index is 0.0814. The van der Waals surface area contributed by atoms with Crippen LogP contribution in [0.15, 0.2) is 24.3 Å². The van der Waals surface area contributed by atoms with Gasteiger partial charge in [-0.3, -0.25) is 4.79 Å². The SMILES string of the molecule is CC(C)C(=O)N1CCC(CCOc2cccc(F)c2)CC1. The van der Waals surface area contributed by atoms with Gasteiger partial charge in [0.1, 0.15) is 11.6 Å². The molecule has 0 aliphatic carbocycles. The summed E-state index contributed by atoms with van der Waals surface area (Å²) in [6, 6.07) is 6.24. The van der Waals surface area contributed by atoms with Gasteiger partial charge in [-0.25, -0.2) is 4.39 Å². The summed E-state index contributed by atoms with van der Waals surface area (Å²) < 4.78 is 18.6. The maximum atomic E-state index is 13.0. The fraction of sp³-hybridized carbons (Fsp3) is 0.588. The van der Waals surface area contributed by atoms with Crippen molar-refractivity contribution in [1.29, 1.82) is 0 Å². The lowest BCUT2D eigenvalue weighted by Gasteiger charge is -2.33. The van der Waals surface area contributed by atoms with E-state index in [-0.39, 0.29) is 17.6 Å². The van der Waals surface area contributed by atoms with Crippen molar-refractivity contribution in [3.63, 3.8) is 0 Å². The van der Waals surface area contributed by atoms with Crippen LogP contribution in [0.2, 0.25) is 0 Å². The van der Waals surface area contributed by atoms with Gasteiger partial charge in [0.25, 0.3) is 0 Å². The number of hydrogen-bond acceptors (Lipinski definition) is 2. The molecule has 3 nitrogen and oxygen atoms in total. The lowest BCUT2D eigenvalue weighted by Crippen LogP contribution is -2.40. The maximum absolute atomic E-state index is 13.0. The van der Waals surface area contributed by atoms with Crippen molar-refractivity contribution in [2.75, 3.05) is 19.7 Å². The fourth-order valence-electron chi connectivity index (χ4n) is 2.71. The smallest absolute Gasteiger partial charge is 0.225 e. The topological polar surface area (TPSA) is 29.5 Å². The van der Waals surface area contributed by atoms with E-state index in [0.29, 0.717) is 18.3 Å². The Labute approximate surface area is 126 Å². The van der Waals surface area contributed by atoms with Gasteiger partial charge in [-0.2, -0.15) is 0 Å². The minimum Gasteiger partial charge on any atom is -0.493 e. The van der Waals surface area contributed by atoms with Crippen LogP contribution in [0.3, 0.4) is 0 Å². The Morgan fingerprint density at radius 2 is 2.10 bits per heavy atom. The average molecular weight is 293 g/mol. The average Bonchev–Trinajstić information content (AvgIpc) is 2.47. The Balaban J connectivity index is 1.68. The van der Waals surface area contributed by atoms with E-state index in [4.69, 9.17) is 4.74 Å². The van der Waals surface area contributed by atoms with Crippen molar-refractivity contribution < 1.29 is 13.9 Å². The fourth-order valence-corrected chi connectivity index (χ4v) is 2.71. The van der Waals surface area contributed by atoms with Gasteiger partial charge in [-0.1, -0.05) is 19.9 Å². The zero-order valence-corrected chi connectivity index (χ0v) is 12.8. The van der Waals surface area contributed by atoms with Gasteiger partial charge in [0.15, 0.2) is 0 Å². The first-order valence-electron chi connectivity index (χ1n) is 7.73. The molecule has 1 saturated heterocycles. The second-order valence-electron chi connectivity index (χ2n) is 6.02. The van der Waals surface area contributed by atoms with Crippen LogP contribution in [-0.2, 0) is 4.79 Å². The molecular formula is C17H24FNO2. The Kier molecular flexibility index (Phi) is 5.59. The zero-order chi connectivity index (χ0) is 15.2. The van der Waals surface area contributed by atoms with E-state index in [1.165, 1.54) is 12.1 Å². The highest BCUT2D eigenvalue weighted by atomic mass is 19.1. The molecule has 0 bridgehead atoms. The number of hydrogen-bond donors (Lipinski definition) is 0. The third-order valence-electron chi connectivity index (χ3n) is 4.01. The van der Waals surface area contributed by atoms with Crippen molar-refractivity contribution in [3.8, 4) is 5.75 Å². The van der Waals surface area contributed by atoms with Gasteiger partial charge in [0.05, 0.1) is 6.61 Å². The normalized spacial score (nSPS) is 16.3. The van der Waals surface area contributed by atoms with Gasteiger partial charge in [-0.15, -0.1) is 0 Å². The van der Waals surface area contributed by atoms with Crippen molar-refractivity contribution in [2.45, 2.75) is 33.1 Å². The molecule has 1 fully saturated rings. The summed E-state index contributed by atoms with van der Waals surface area (Å²) in [5.74, 6) is 1.24. The van der Waals surface area contributed by atoms with Crippen LogP contribution >= 0.6 is 0 Å². The Hall–Kier alpha value is -1.58. The highest BCUT2D eigenvalue weighted by Gasteiger charge is 2.23. The molecule has 0 radical (unpaired) electrons. The van der Waals surface area contributed by atoms with Gasteiger partial charge >= 0.3 is 0 Å². The monoisotopic (exact) mass is 293 g/mol. The van der Waals surface area contributed by atoms with E-state index >= 15 is 0 Å². The number of amides is 1. The summed E-state index contributed by atoms with van der Waals surface area (Å²) >= 11 is 0. The number of halogens is 1. The third-order valence-corrected chi connectivity index (χ3v) is 4.01. The first-order valence-corrected chi connectivity index (χ1v) is 7.73. The molecular weight excluding hydrogens is 269 g/mol. The standard InChI is InChI=1S/C17H24FNO2/c1-13(2)17(20)19-9-6-14(7-10-19)8-11-21-16-5-3-4-15(18)12-16/h3-5,12-14H,6-11H2,1-2H3. The Bertz CT molecular complexity index is 468. The van der Waals surface area contributed by atoms with Crippen LogP contribution < -0.4 is 4.74 Å². The number of rotatable bonds is 5. The molecule has 21 heavy (non-hydrogen) atoms. The molecule has 0 N–H and O–H groups in total. The van der Waals surface area contributed by atoms with Crippen molar-refractivity contribution in [2.24, 2.45) is 11.8 Å². The second-order valence-corrected chi connectivity index (χ2v) is 6.02. The summed E-state index contributed by atoms with van der Waals surface area (Å²) in [4.78, 5) is 13.9. The molecule has 4 heteroatoms. The van der Waals surface area contributed by atoms with E-state index in [1.807, 2.05) is 18.7 Å². The predicted molar refractivity (Wildman–Crippen MR) is 80.7 cm³/mol. The molecule has 1 aromatic rings. The largest absolute Gasteiger partial charge is 0.493 e. The molecule has 1 heterocycles. The number of ether oxygens (including phenoxy) is 1.